The molecule has 1 aliphatic rings. The molecule has 10 heteroatoms. The van der Waals surface area contributed by atoms with Gasteiger partial charge in [0.25, 0.3) is 0 Å². The minimum Gasteiger partial charge on any atom is -0.497 e. The SMILES string of the molecule is COc1ccc(C(=O)COC(=O)c2ccc(NC(=O)CC3SC(=Nc4ccccc4)NC3=O)cc2)cc1. The molecule has 1 saturated heterocycles. The van der Waals surface area contributed by atoms with E-state index in [-0.39, 0.29) is 29.6 Å². The molecule has 2 amide bonds. The molecule has 1 unspecified atom stereocenters. The lowest BCUT2D eigenvalue weighted by molar-refractivity contribution is -0.122. The monoisotopic (exact) mass is 517 g/mol. The van der Waals surface area contributed by atoms with Crippen molar-refractivity contribution in [3.63, 3.8) is 0 Å². The van der Waals surface area contributed by atoms with Gasteiger partial charge < -0.3 is 20.1 Å². The number of carbonyl (C=O) groups is 4. The number of anilines is 1. The highest BCUT2D eigenvalue weighted by Gasteiger charge is 2.32. The Labute approximate surface area is 217 Å². The van der Waals surface area contributed by atoms with Gasteiger partial charge in [-0.15, -0.1) is 0 Å². The number of nitrogens with one attached hydrogen (secondary N) is 2. The minimum absolute atomic E-state index is 0.0401. The molecule has 1 heterocycles. The molecule has 0 radical (unpaired) electrons. The molecule has 0 aromatic heterocycles. The first-order valence-electron chi connectivity index (χ1n) is 11.3. The van der Waals surface area contributed by atoms with Gasteiger partial charge in [0.2, 0.25) is 11.8 Å². The number of ketones is 1. The number of ether oxygens (including phenoxy) is 2. The summed E-state index contributed by atoms with van der Waals surface area (Å²) >= 11 is 1.20. The van der Waals surface area contributed by atoms with Crippen LogP contribution in [-0.4, -0.2) is 47.7 Å². The second-order valence-electron chi connectivity index (χ2n) is 7.91. The first kappa shape index (κ1) is 25.6. The quantitative estimate of drug-likeness (QED) is 0.325. The van der Waals surface area contributed by atoms with E-state index in [0.29, 0.717) is 27.9 Å². The fourth-order valence-corrected chi connectivity index (χ4v) is 4.34. The third-order valence-electron chi connectivity index (χ3n) is 5.28. The number of thioether (sulfide) groups is 1. The van der Waals surface area contributed by atoms with Crippen molar-refractivity contribution >= 4 is 51.9 Å². The number of nitrogens with zero attached hydrogens (tertiary/aromatic N) is 1. The van der Waals surface area contributed by atoms with E-state index in [1.807, 2.05) is 30.3 Å². The first-order chi connectivity index (χ1) is 17.9. The Hall–Kier alpha value is -4.44. The number of esters is 1. The summed E-state index contributed by atoms with van der Waals surface area (Å²) in [5.74, 6) is -1.02. The van der Waals surface area contributed by atoms with Gasteiger partial charge in [0.05, 0.1) is 18.4 Å². The zero-order chi connectivity index (χ0) is 26.2. The van der Waals surface area contributed by atoms with Gasteiger partial charge in [-0.05, 0) is 60.7 Å². The van der Waals surface area contributed by atoms with Crippen molar-refractivity contribution in [2.45, 2.75) is 11.7 Å². The Kier molecular flexibility index (Phi) is 8.32. The van der Waals surface area contributed by atoms with Crippen molar-refractivity contribution in [1.82, 2.24) is 5.32 Å². The van der Waals surface area contributed by atoms with E-state index in [1.54, 1.807) is 36.4 Å². The number of amides is 2. The topological polar surface area (TPSA) is 123 Å². The van der Waals surface area contributed by atoms with E-state index < -0.39 is 17.8 Å². The van der Waals surface area contributed by atoms with Crippen molar-refractivity contribution in [3.05, 3.63) is 90.0 Å². The maximum Gasteiger partial charge on any atom is 0.338 e. The predicted octanol–water partition coefficient (Wildman–Crippen LogP) is 3.98. The van der Waals surface area contributed by atoms with Gasteiger partial charge in [-0.25, -0.2) is 9.79 Å². The molecule has 3 aromatic rings. The molecule has 1 atom stereocenters. The van der Waals surface area contributed by atoms with E-state index in [2.05, 4.69) is 15.6 Å². The standard InChI is InChI=1S/C27H23N3O6S/c1-35-21-13-9-17(10-14-21)22(31)16-36-26(34)18-7-11-20(12-8-18)28-24(32)15-23-25(33)30-27(37-23)29-19-5-3-2-4-6-19/h2-14,23H,15-16H2,1H3,(H,28,32)(H,29,30,33). The second-order valence-corrected chi connectivity index (χ2v) is 9.10. The highest BCUT2D eigenvalue weighted by molar-refractivity contribution is 8.15. The summed E-state index contributed by atoms with van der Waals surface area (Å²) in [4.78, 5) is 53.6. The van der Waals surface area contributed by atoms with Crippen molar-refractivity contribution in [1.29, 1.82) is 0 Å². The normalized spacial score (nSPS) is 15.6. The van der Waals surface area contributed by atoms with Gasteiger partial charge in [-0.1, -0.05) is 30.0 Å². The van der Waals surface area contributed by atoms with Gasteiger partial charge in [-0.2, -0.15) is 0 Å². The van der Waals surface area contributed by atoms with Crippen molar-refractivity contribution in [2.75, 3.05) is 19.0 Å². The van der Waals surface area contributed by atoms with E-state index in [1.165, 1.54) is 31.0 Å². The van der Waals surface area contributed by atoms with Crippen LogP contribution in [0, 0.1) is 0 Å². The van der Waals surface area contributed by atoms with Crippen LogP contribution in [0.25, 0.3) is 0 Å². The lowest BCUT2D eigenvalue weighted by Crippen LogP contribution is -2.28. The number of hydrogen-bond acceptors (Lipinski definition) is 8. The molecule has 37 heavy (non-hydrogen) atoms. The second kappa shape index (κ2) is 12.0. The van der Waals surface area contributed by atoms with Crippen LogP contribution in [0.4, 0.5) is 11.4 Å². The summed E-state index contributed by atoms with van der Waals surface area (Å²) < 4.78 is 10.2. The molecular formula is C27H23N3O6S. The number of methoxy groups -OCH3 is 1. The largest absolute Gasteiger partial charge is 0.497 e. The van der Waals surface area contributed by atoms with Crippen LogP contribution in [0.5, 0.6) is 5.75 Å². The molecule has 2 N–H and O–H groups in total. The highest BCUT2D eigenvalue weighted by Crippen LogP contribution is 2.25. The summed E-state index contributed by atoms with van der Waals surface area (Å²) in [5.41, 5.74) is 1.80. The number of benzene rings is 3. The Morgan fingerprint density at radius 1 is 0.946 bits per heavy atom. The fraction of sp³-hybridized carbons (Fsp3) is 0.148. The number of aliphatic imine (C=N–C) groups is 1. The van der Waals surface area contributed by atoms with Crippen LogP contribution in [0.1, 0.15) is 27.1 Å². The summed E-state index contributed by atoms with van der Waals surface area (Å²) in [6.45, 7) is -0.402. The van der Waals surface area contributed by atoms with E-state index in [9.17, 15) is 19.2 Å². The molecule has 9 nitrogen and oxygen atoms in total. The summed E-state index contributed by atoms with van der Waals surface area (Å²) in [7, 11) is 1.53. The maximum atomic E-state index is 12.5. The summed E-state index contributed by atoms with van der Waals surface area (Å²) in [5, 5.41) is 5.25. The molecule has 0 bridgehead atoms. The maximum absolute atomic E-state index is 12.5. The number of carbonyl (C=O) groups excluding carboxylic acids is 4. The van der Waals surface area contributed by atoms with E-state index in [0.717, 1.165) is 0 Å². The van der Waals surface area contributed by atoms with Crippen molar-refractivity contribution in [3.8, 4) is 5.75 Å². The summed E-state index contributed by atoms with van der Waals surface area (Å²) in [6.07, 6.45) is -0.0401. The average Bonchev–Trinajstić information content (AvgIpc) is 3.25. The number of rotatable bonds is 9. The Bertz CT molecular complexity index is 1320. The van der Waals surface area contributed by atoms with Crippen LogP contribution >= 0.6 is 11.8 Å². The van der Waals surface area contributed by atoms with E-state index in [4.69, 9.17) is 9.47 Å². The molecule has 3 aromatic carbocycles. The fourth-order valence-electron chi connectivity index (χ4n) is 3.36. The smallest absolute Gasteiger partial charge is 0.338 e. The van der Waals surface area contributed by atoms with Gasteiger partial charge in [0.1, 0.15) is 11.0 Å². The van der Waals surface area contributed by atoms with Crippen LogP contribution in [0.3, 0.4) is 0 Å². The molecule has 0 spiro atoms. The van der Waals surface area contributed by atoms with Crippen LogP contribution in [0.15, 0.2) is 83.9 Å². The molecular weight excluding hydrogens is 494 g/mol. The molecule has 0 aliphatic carbocycles. The molecule has 188 valence electrons. The van der Waals surface area contributed by atoms with Gasteiger partial charge >= 0.3 is 5.97 Å². The Morgan fingerprint density at radius 2 is 1.62 bits per heavy atom. The van der Waals surface area contributed by atoms with Gasteiger partial charge in [-0.3, -0.25) is 14.4 Å². The zero-order valence-corrected chi connectivity index (χ0v) is 20.6. The van der Waals surface area contributed by atoms with Gasteiger partial charge in [0.15, 0.2) is 17.6 Å². The molecule has 1 aliphatic heterocycles. The first-order valence-corrected chi connectivity index (χ1v) is 12.1. The van der Waals surface area contributed by atoms with E-state index >= 15 is 0 Å². The lowest BCUT2D eigenvalue weighted by atomic mass is 10.1. The average molecular weight is 518 g/mol. The zero-order valence-electron chi connectivity index (χ0n) is 19.8. The van der Waals surface area contributed by atoms with Crippen LogP contribution in [0.2, 0.25) is 0 Å². The third-order valence-corrected chi connectivity index (χ3v) is 6.37. The number of amidine groups is 1. The Morgan fingerprint density at radius 3 is 2.30 bits per heavy atom. The van der Waals surface area contributed by atoms with Crippen LogP contribution < -0.4 is 15.4 Å². The number of Topliss-reactive ketones (excluding diaryl/α,β-unsaturated/α-hetero) is 1. The number of hydrogen-bond donors (Lipinski definition) is 2. The van der Waals surface area contributed by atoms with Gasteiger partial charge in [0, 0.05) is 17.7 Å². The molecule has 1 fully saturated rings. The Balaban J connectivity index is 1.25. The molecule has 4 rings (SSSR count). The number of para-hydroxylation sites is 1. The van der Waals surface area contributed by atoms with Crippen molar-refractivity contribution < 1.29 is 28.7 Å². The predicted molar refractivity (Wildman–Crippen MR) is 140 cm³/mol. The molecule has 0 saturated carbocycles. The third kappa shape index (κ3) is 7.05. The van der Waals surface area contributed by atoms with Crippen LogP contribution in [-0.2, 0) is 14.3 Å². The minimum atomic E-state index is -0.663. The van der Waals surface area contributed by atoms with Crippen molar-refractivity contribution in [2.24, 2.45) is 4.99 Å². The summed E-state index contributed by atoms with van der Waals surface area (Å²) in [6, 6.07) is 21.7. The lowest BCUT2D eigenvalue weighted by Gasteiger charge is -2.09. The highest BCUT2D eigenvalue weighted by atomic mass is 32.2.